The van der Waals surface area contributed by atoms with Gasteiger partial charge in [0, 0.05) is 44.2 Å². The van der Waals surface area contributed by atoms with Crippen molar-refractivity contribution in [3.63, 3.8) is 0 Å². The fourth-order valence-electron chi connectivity index (χ4n) is 3.32. The fourth-order valence-corrected chi connectivity index (χ4v) is 5.05. The van der Waals surface area contributed by atoms with Crippen LogP contribution < -0.4 is 10.2 Å². The van der Waals surface area contributed by atoms with Crippen molar-refractivity contribution in [2.75, 3.05) is 55.1 Å². The van der Waals surface area contributed by atoms with E-state index < -0.39 is 27.7 Å². The second-order valence-corrected chi connectivity index (χ2v) is 8.95. The lowest BCUT2D eigenvalue weighted by molar-refractivity contribution is -0.144. The van der Waals surface area contributed by atoms with E-state index in [1.165, 1.54) is 12.0 Å². The second-order valence-electron chi connectivity index (χ2n) is 6.72. The van der Waals surface area contributed by atoms with Crippen molar-refractivity contribution in [2.24, 2.45) is 0 Å². The minimum atomic E-state index is -3.17. The largest absolute Gasteiger partial charge is 0.383 e. The summed E-state index contributed by atoms with van der Waals surface area (Å²) in [6.45, 7) is 6.28. The predicted molar refractivity (Wildman–Crippen MR) is 109 cm³/mol. The number of carbonyl (C=O) groups excluding carboxylic acids is 2. The predicted octanol–water partition coefficient (Wildman–Crippen LogP) is 1.13. The number of nitrogens with one attached hydrogen (secondary N) is 1. The molecule has 0 saturated carbocycles. The lowest BCUT2D eigenvalue weighted by Crippen LogP contribution is -2.47. The van der Waals surface area contributed by atoms with E-state index in [0.29, 0.717) is 12.1 Å². The summed E-state index contributed by atoms with van der Waals surface area (Å²) in [6.07, 6.45) is 0.337. The highest BCUT2D eigenvalue weighted by Crippen LogP contribution is 2.20. The van der Waals surface area contributed by atoms with Gasteiger partial charge < -0.3 is 19.9 Å². The van der Waals surface area contributed by atoms with Crippen molar-refractivity contribution in [2.45, 2.75) is 26.3 Å². The highest BCUT2D eigenvalue weighted by Gasteiger charge is 2.36. The number of anilines is 2. The van der Waals surface area contributed by atoms with Gasteiger partial charge in [-0.3, -0.25) is 9.59 Å². The van der Waals surface area contributed by atoms with Gasteiger partial charge in [-0.15, -0.1) is 0 Å². The Hall–Kier alpha value is -2.13. The molecule has 1 N–H and O–H groups in total. The number of sulfone groups is 1. The summed E-state index contributed by atoms with van der Waals surface area (Å²) in [6, 6.07) is 6.78. The maximum absolute atomic E-state index is 12.7. The van der Waals surface area contributed by atoms with Gasteiger partial charge in [0.2, 0.25) is 0 Å². The Kier molecular flexibility index (Phi) is 7.82. The lowest BCUT2D eigenvalue weighted by Gasteiger charge is -2.27. The summed E-state index contributed by atoms with van der Waals surface area (Å²) in [5, 5.41) is 2.61. The number of benzene rings is 1. The first-order valence-electron chi connectivity index (χ1n) is 9.47. The molecule has 1 saturated heterocycles. The van der Waals surface area contributed by atoms with Gasteiger partial charge in [0.25, 0.3) is 0 Å². The molecule has 8 nitrogen and oxygen atoms in total. The summed E-state index contributed by atoms with van der Waals surface area (Å²) < 4.78 is 28.5. The smallest absolute Gasteiger partial charge is 0.313 e. The van der Waals surface area contributed by atoms with Crippen LogP contribution in [0.3, 0.4) is 0 Å². The minimum Gasteiger partial charge on any atom is -0.383 e. The normalized spacial score (nSPS) is 17.9. The Morgan fingerprint density at radius 1 is 1.18 bits per heavy atom. The molecule has 1 fully saturated rings. The Balaban J connectivity index is 2.06. The number of nitrogens with zero attached hydrogens (tertiary/aromatic N) is 2. The zero-order chi connectivity index (χ0) is 20.7. The topological polar surface area (TPSA) is 96.0 Å². The Morgan fingerprint density at radius 3 is 2.32 bits per heavy atom. The first-order valence-corrected chi connectivity index (χ1v) is 11.3. The third kappa shape index (κ3) is 5.68. The van der Waals surface area contributed by atoms with E-state index in [-0.39, 0.29) is 24.7 Å². The summed E-state index contributed by atoms with van der Waals surface area (Å²) >= 11 is 0. The summed E-state index contributed by atoms with van der Waals surface area (Å²) in [7, 11) is -1.68. The van der Waals surface area contributed by atoms with Crippen LogP contribution in [-0.2, 0) is 24.2 Å². The molecule has 1 heterocycles. The monoisotopic (exact) mass is 411 g/mol. The zero-order valence-electron chi connectivity index (χ0n) is 16.7. The molecule has 1 unspecified atom stereocenters. The van der Waals surface area contributed by atoms with Crippen LogP contribution in [0.1, 0.15) is 20.3 Å². The Labute approximate surface area is 166 Å². The van der Waals surface area contributed by atoms with E-state index in [9.17, 15) is 18.0 Å². The molecule has 0 aromatic heterocycles. The van der Waals surface area contributed by atoms with Crippen LogP contribution in [-0.4, -0.2) is 76.0 Å². The van der Waals surface area contributed by atoms with Crippen LogP contribution in [0.25, 0.3) is 0 Å². The SMILES string of the molecule is CCN(CC)c1ccc(NC(=O)C(=O)N(CCOC)C2CCS(=O)(=O)C2)cc1. The van der Waals surface area contributed by atoms with Gasteiger partial charge in [0.05, 0.1) is 18.1 Å². The van der Waals surface area contributed by atoms with Crippen LogP contribution in [0, 0.1) is 0 Å². The van der Waals surface area contributed by atoms with Gasteiger partial charge in [-0.05, 0) is 44.5 Å². The van der Waals surface area contributed by atoms with E-state index in [4.69, 9.17) is 4.74 Å². The summed E-state index contributed by atoms with van der Waals surface area (Å²) in [5.74, 6) is -1.61. The number of carbonyl (C=O) groups is 2. The standard InChI is InChI=1S/C19H29N3O5S/c1-4-21(5-2)16-8-6-15(7-9-16)20-18(23)19(24)22(11-12-27-3)17-10-13-28(25,26)14-17/h6-9,17H,4-5,10-14H2,1-3H3,(H,20,23). The minimum absolute atomic E-state index is 0.0306. The van der Waals surface area contributed by atoms with Crippen molar-refractivity contribution in [3.8, 4) is 0 Å². The number of methoxy groups -OCH3 is 1. The van der Waals surface area contributed by atoms with Gasteiger partial charge in [-0.25, -0.2) is 8.42 Å². The number of hydrogen-bond acceptors (Lipinski definition) is 6. The molecule has 1 aliphatic heterocycles. The molecule has 1 aromatic rings. The molecule has 0 aliphatic carbocycles. The van der Waals surface area contributed by atoms with Crippen molar-refractivity contribution in [1.29, 1.82) is 0 Å². The first-order chi connectivity index (χ1) is 13.3. The molecule has 1 aliphatic rings. The van der Waals surface area contributed by atoms with Crippen molar-refractivity contribution >= 4 is 33.0 Å². The lowest BCUT2D eigenvalue weighted by atomic mass is 10.2. The van der Waals surface area contributed by atoms with Crippen LogP contribution in [0.4, 0.5) is 11.4 Å². The molecule has 0 bridgehead atoms. The highest BCUT2D eigenvalue weighted by atomic mass is 32.2. The molecular formula is C19H29N3O5S. The Bertz CT molecular complexity index is 775. The van der Waals surface area contributed by atoms with Crippen LogP contribution >= 0.6 is 0 Å². The molecule has 0 radical (unpaired) electrons. The van der Waals surface area contributed by atoms with Crippen LogP contribution in [0.2, 0.25) is 0 Å². The zero-order valence-corrected chi connectivity index (χ0v) is 17.5. The van der Waals surface area contributed by atoms with Gasteiger partial charge in [0.15, 0.2) is 9.84 Å². The quantitative estimate of drug-likeness (QED) is 0.645. The second kappa shape index (κ2) is 9.88. The number of ether oxygens (including phenoxy) is 1. The average molecular weight is 412 g/mol. The van der Waals surface area contributed by atoms with Crippen LogP contribution in [0.15, 0.2) is 24.3 Å². The third-order valence-electron chi connectivity index (χ3n) is 4.89. The van der Waals surface area contributed by atoms with Crippen LogP contribution in [0.5, 0.6) is 0 Å². The van der Waals surface area contributed by atoms with E-state index in [2.05, 4.69) is 24.1 Å². The maximum atomic E-state index is 12.7. The van der Waals surface area contributed by atoms with Gasteiger partial charge in [-0.2, -0.15) is 0 Å². The molecule has 1 atom stereocenters. The first kappa shape index (κ1) is 22.2. The molecule has 1 aromatic carbocycles. The van der Waals surface area contributed by atoms with E-state index in [1.54, 1.807) is 12.1 Å². The number of amides is 2. The maximum Gasteiger partial charge on any atom is 0.313 e. The van der Waals surface area contributed by atoms with Gasteiger partial charge in [-0.1, -0.05) is 0 Å². The van der Waals surface area contributed by atoms with E-state index in [1.807, 2.05) is 12.1 Å². The van der Waals surface area contributed by atoms with Crippen molar-refractivity contribution < 1.29 is 22.7 Å². The van der Waals surface area contributed by atoms with Gasteiger partial charge >= 0.3 is 11.8 Å². The molecule has 2 amide bonds. The summed E-state index contributed by atoms with van der Waals surface area (Å²) in [5.41, 5.74) is 1.55. The molecule has 2 rings (SSSR count). The van der Waals surface area contributed by atoms with E-state index >= 15 is 0 Å². The molecular weight excluding hydrogens is 382 g/mol. The van der Waals surface area contributed by atoms with Crippen molar-refractivity contribution in [1.82, 2.24) is 4.90 Å². The number of rotatable bonds is 8. The molecule has 0 spiro atoms. The fraction of sp³-hybridized carbons (Fsp3) is 0.579. The van der Waals surface area contributed by atoms with Gasteiger partial charge in [0.1, 0.15) is 0 Å². The molecule has 156 valence electrons. The highest BCUT2D eigenvalue weighted by molar-refractivity contribution is 7.91. The molecule has 9 heteroatoms. The third-order valence-corrected chi connectivity index (χ3v) is 6.64. The average Bonchev–Trinajstić information content (AvgIpc) is 3.03. The summed E-state index contributed by atoms with van der Waals surface area (Å²) in [4.78, 5) is 28.6. The van der Waals surface area contributed by atoms with E-state index in [0.717, 1.165) is 18.8 Å². The molecule has 28 heavy (non-hydrogen) atoms. The number of hydrogen-bond donors (Lipinski definition) is 1. The van der Waals surface area contributed by atoms with Crippen molar-refractivity contribution in [3.05, 3.63) is 24.3 Å². The Morgan fingerprint density at radius 2 is 1.82 bits per heavy atom.